The third-order valence-corrected chi connectivity index (χ3v) is 1.77. The van der Waals surface area contributed by atoms with Crippen LogP contribution in [0.3, 0.4) is 0 Å². The molecule has 0 spiro atoms. The van der Waals surface area contributed by atoms with E-state index >= 15 is 0 Å². The number of nitrogens with zero attached hydrogens (tertiary/aromatic N) is 1. The summed E-state index contributed by atoms with van der Waals surface area (Å²) in [4.78, 5) is 14.0. The normalized spacial score (nSPS) is 8.12. The summed E-state index contributed by atoms with van der Waals surface area (Å²) in [5.41, 5.74) is -0.311. The third-order valence-electron chi connectivity index (χ3n) is 0.300. The fraction of sp³-hybridized carbons (Fsp3) is 0.818. The molecule has 0 atom stereocenters. The predicted octanol–water partition coefficient (Wildman–Crippen LogP) is 3.90. The van der Waals surface area contributed by atoms with Crippen molar-refractivity contribution < 1.29 is 26.0 Å². The topological polar surface area (TPSA) is 66.7 Å². The first kappa shape index (κ1) is 36.0. The van der Waals surface area contributed by atoms with Gasteiger partial charge in [0, 0.05) is 9.93 Å². The second-order valence-electron chi connectivity index (χ2n) is 4.44. The first-order valence-electron chi connectivity index (χ1n) is 3.81. The van der Waals surface area contributed by atoms with E-state index in [-0.39, 0.29) is 27.8 Å². The molecule has 0 aromatic heterocycles. The zero-order chi connectivity index (χ0) is 11.7. The molecule has 0 aromatic rings. The molecule has 0 amide bonds. The summed E-state index contributed by atoms with van der Waals surface area (Å²) < 4.78 is 4.07. The van der Waals surface area contributed by atoms with Gasteiger partial charge in [0.15, 0.2) is 0 Å². The average Bonchev–Trinajstić information content (AvgIpc) is 1.87. The summed E-state index contributed by atoms with van der Waals surface area (Å²) in [6, 6.07) is 0. The van der Waals surface area contributed by atoms with E-state index in [1.54, 1.807) is 20.8 Å². The van der Waals surface area contributed by atoms with Gasteiger partial charge in [0.05, 0.1) is 5.60 Å². The summed E-state index contributed by atoms with van der Waals surface area (Å²) in [5, 5.41) is 8.52. The fourth-order valence-corrected chi connectivity index (χ4v) is 0. The molecule has 0 aliphatic carbocycles. The van der Waals surface area contributed by atoms with Crippen LogP contribution in [0.2, 0.25) is 0 Å². The van der Waals surface area contributed by atoms with E-state index in [0.717, 1.165) is 0 Å². The summed E-state index contributed by atoms with van der Waals surface area (Å²) >= 11 is 1.52. The Morgan fingerprint density at radius 1 is 0.938 bits per heavy atom. The molecule has 1 N–H and O–H groups in total. The molecule has 0 unspecified atom stereocenters. The molecule has 4 nitrogen and oxygen atoms in total. The second-order valence-corrected chi connectivity index (χ2v) is 4.93. The molecule has 5 heteroatoms. The molecule has 0 aromatic carbocycles. The van der Waals surface area contributed by atoms with E-state index in [1.165, 1.54) is 20.9 Å². The van der Waals surface area contributed by atoms with Crippen molar-refractivity contribution in [1.82, 2.24) is 0 Å². The van der Waals surface area contributed by atoms with Gasteiger partial charge in [0.1, 0.15) is 0 Å². The maximum Gasteiger partial charge on any atom is 0 e. The van der Waals surface area contributed by atoms with Crippen LogP contribution in [0.15, 0.2) is 3.34 Å². The van der Waals surface area contributed by atoms with Crippen molar-refractivity contribution in [2.75, 3.05) is 0 Å². The Morgan fingerprint density at radius 3 is 1.00 bits per heavy atom. The van der Waals surface area contributed by atoms with Crippen molar-refractivity contribution >= 4 is 0 Å². The van der Waals surface area contributed by atoms with E-state index in [2.05, 4.69) is 24.1 Å². The smallest absolute Gasteiger partial charge is 0 e. The first-order valence-corrected chi connectivity index (χ1v) is 4.80. The van der Waals surface area contributed by atoms with Crippen LogP contribution in [0, 0.1) is 24.8 Å². The van der Waals surface area contributed by atoms with Gasteiger partial charge in [-0.15, -0.1) is 0 Å². The standard InChI is InChI=1S/C4H9N.C4H10O.CH4.2CH3.Nb.O2/c2*1-4(2,3)5;;;;;1-2/h1-3H3;5H,1-3H3;1H4;2*1H3;;/q;;;2*-1;;. The maximum absolute atomic E-state index is 8.52. The number of hydrogen-bond donors (Lipinski definition) is 1. The molecule has 0 bridgehead atoms. The number of rotatable bonds is 0. The maximum atomic E-state index is 8.52. The van der Waals surface area contributed by atoms with E-state index in [1.807, 2.05) is 0 Å². The SMILES string of the molecule is C.CC(C)(C)O.CC(C)(C)[N]=[Nb].O=O.[CH3-].[CH3-]. The molecule has 16 heavy (non-hydrogen) atoms. The summed E-state index contributed by atoms with van der Waals surface area (Å²) in [6.07, 6.45) is 0. The van der Waals surface area contributed by atoms with Gasteiger partial charge >= 0.3 is 50.5 Å². The van der Waals surface area contributed by atoms with Gasteiger partial charge in [-0.3, -0.25) is 0 Å². The van der Waals surface area contributed by atoms with Gasteiger partial charge in [-0.2, -0.15) is 0 Å². The Balaban J connectivity index is -0.0000000234. The molecule has 103 valence electrons. The van der Waals surface area contributed by atoms with Crippen LogP contribution >= 0.6 is 0 Å². The van der Waals surface area contributed by atoms with Gasteiger partial charge in [-0.25, -0.2) is 0 Å². The van der Waals surface area contributed by atoms with Crippen LogP contribution < -0.4 is 0 Å². The van der Waals surface area contributed by atoms with E-state index in [9.17, 15) is 0 Å². The van der Waals surface area contributed by atoms with Crippen molar-refractivity contribution in [1.29, 1.82) is 0 Å². The van der Waals surface area contributed by atoms with Crippen molar-refractivity contribution in [2.45, 2.75) is 60.1 Å². The molecule has 0 fully saturated rings. The molecular weight excluding hydrogens is 287 g/mol. The molecule has 0 heterocycles. The molecule has 0 saturated heterocycles. The number of aliphatic hydroxyl groups is 1. The predicted molar refractivity (Wildman–Crippen MR) is 70.4 cm³/mol. The molecule has 0 aliphatic rings. The van der Waals surface area contributed by atoms with Crippen molar-refractivity contribution in [2.24, 2.45) is 3.34 Å². The van der Waals surface area contributed by atoms with Gasteiger partial charge in [-0.05, 0) is 20.8 Å². The Morgan fingerprint density at radius 2 is 1.00 bits per heavy atom. The minimum atomic E-state index is -0.500. The van der Waals surface area contributed by atoms with Gasteiger partial charge in [-0.1, -0.05) is 7.43 Å². The molecule has 0 radical (unpaired) electrons. The average molecular weight is 316 g/mol. The largest absolute Gasteiger partial charge is 0.358 e. The van der Waals surface area contributed by atoms with Crippen LogP contribution in [-0.4, -0.2) is 16.2 Å². The molecule has 0 saturated carbocycles. The summed E-state index contributed by atoms with van der Waals surface area (Å²) in [5.74, 6) is 0. The van der Waals surface area contributed by atoms with Gasteiger partial charge < -0.3 is 20.0 Å². The zero-order valence-electron chi connectivity index (χ0n) is 11.2. The van der Waals surface area contributed by atoms with Crippen molar-refractivity contribution in [3.63, 3.8) is 0 Å². The Kier molecular flexibility index (Phi) is 39.3. The van der Waals surface area contributed by atoms with Crippen LogP contribution in [0.25, 0.3) is 0 Å². The number of hydrogen-bond acceptors (Lipinski definition) is 4. The summed E-state index contributed by atoms with van der Waals surface area (Å²) in [7, 11) is 0. The Hall–Kier alpha value is 0.100. The van der Waals surface area contributed by atoms with Crippen LogP contribution in [0.4, 0.5) is 0 Å². The Bertz CT molecular complexity index is 122. The second kappa shape index (κ2) is 17.5. The Labute approximate surface area is 114 Å². The van der Waals surface area contributed by atoms with Crippen LogP contribution in [0.5, 0.6) is 0 Å². The fourth-order valence-electron chi connectivity index (χ4n) is 0. The van der Waals surface area contributed by atoms with Gasteiger partial charge in [0.2, 0.25) is 0 Å². The van der Waals surface area contributed by atoms with E-state index in [4.69, 9.17) is 15.0 Å². The minimum absolute atomic E-state index is 0. The quantitative estimate of drug-likeness (QED) is 0.544. The summed E-state index contributed by atoms with van der Waals surface area (Å²) in [6.45, 7) is 11.5. The van der Waals surface area contributed by atoms with Gasteiger partial charge in [0.25, 0.3) is 0 Å². The zero-order valence-corrected chi connectivity index (χ0v) is 13.4. The molecule has 0 aliphatic heterocycles. The van der Waals surface area contributed by atoms with E-state index < -0.39 is 5.60 Å². The van der Waals surface area contributed by atoms with Crippen LogP contribution in [0.1, 0.15) is 49.0 Å². The third kappa shape index (κ3) is 252. The van der Waals surface area contributed by atoms with Crippen molar-refractivity contribution in [3.05, 3.63) is 24.8 Å². The van der Waals surface area contributed by atoms with E-state index in [0.29, 0.717) is 0 Å². The molecule has 0 rings (SSSR count). The van der Waals surface area contributed by atoms with Crippen molar-refractivity contribution in [3.8, 4) is 0 Å². The first-order chi connectivity index (χ1) is 5.56. The minimum Gasteiger partial charge on any atom is -0.358 e. The monoisotopic (exact) mass is 316 g/mol. The van der Waals surface area contributed by atoms with Crippen LogP contribution in [-0.2, 0) is 20.9 Å². The molecular formula is C11H29NNbO3-2.